The first kappa shape index (κ1) is 21.3. The maximum absolute atomic E-state index is 13.0. The molecule has 0 radical (unpaired) electrons. The smallest absolute Gasteiger partial charge is 0.270 e. The largest absolute Gasteiger partial charge is 0.379 e. The van der Waals surface area contributed by atoms with Crippen molar-refractivity contribution in [2.24, 2.45) is 11.0 Å². The van der Waals surface area contributed by atoms with Crippen molar-refractivity contribution >= 4 is 27.1 Å². The average molecular weight is 398 g/mol. The molecule has 1 heterocycles. The summed E-state index contributed by atoms with van der Waals surface area (Å²) < 4.78 is 32.5. The number of anilines is 1. The minimum atomic E-state index is -3.91. The Balaban J connectivity index is 2.34. The van der Waals surface area contributed by atoms with Gasteiger partial charge in [0.1, 0.15) is 4.90 Å². The van der Waals surface area contributed by atoms with E-state index in [0.29, 0.717) is 19.1 Å². The molecule has 1 aromatic carbocycles. The molecule has 0 amide bonds. The van der Waals surface area contributed by atoms with Crippen LogP contribution in [0.1, 0.15) is 33.6 Å². The van der Waals surface area contributed by atoms with Gasteiger partial charge in [0.05, 0.1) is 23.8 Å². The maximum Gasteiger partial charge on any atom is 0.270 e. The summed E-state index contributed by atoms with van der Waals surface area (Å²) in [6.45, 7) is 7.10. The van der Waals surface area contributed by atoms with E-state index in [1.165, 1.54) is 16.4 Å². The van der Waals surface area contributed by atoms with Gasteiger partial charge in [0.15, 0.2) is 0 Å². The molecule has 10 heteroatoms. The number of nitro benzene ring substituents is 1. The van der Waals surface area contributed by atoms with Gasteiger partial charge in [0, 0.05) is 30.9 Å². The summed E-state index contributed by atoms with van der Waals surface area (Å²) in [5.74, 6) is 0.534. The lowest BCUT2D eigenvalue weighted by molar-refractivity contribution is -0.385. The zero-order chi connectivity index (χ0) is 20.0. The predicted molar refractivity (Wildman–Crippen MR) is 103 cm³/mol. The van der Waals surface area contributed by atoms with Gasteiger partial charge < -0.3 is 4.74 Å². The molecule has 0 atom stereocenters. The van der Waals surface area contributed by atoms with Crippen molar-refractivity contribution in [2.75, 3.05) is 31.7 Å². The second-order valence-electron chi connectivity index (χ2n) is 6.85. The maximum atomic E-state index is 13.0. The number of non-ortho nitro benzene ring substituents is 1. The third-order valence-electron chi connectivity index (χ3n) is 4.21. The van der Waals surface area contributed by atoms with Crippen LogP contribution in [0.25, 0.3) is 0 Å². The molecule has 2 rings (SSSR count). The van der Waals surface area contributed by atoms with E-state index in [-0.39, 0.29) is 29.4 Å². The fourth-order valence-corrected chi connectivity index (χ4v) is 4.13. The van der Waals surface area contributed by atoms with Crippen LogP contribution >= 0.6 is 0 Å². The predicted octanol–water partition coefficient (Wildman–Crippen LogP) is 2.84. The van der Waals surface area contributed by atoms with E-state index in [4.69, 9.17) is 4.74 Å². The van der Waals surface area contributed by atoms with Gasteiger partial charge in [-0.05, 0) is 31.7 Å². The summed E-state index contributed by atoms with van der Waals surface area (Å²) in [6.07, 6.45) is 1.75. The summed E-state index contributed by atoms with van der Waals surface area (Å²) in [5, 5.41) is 15.4. The monoisotopic (exact) mass is 398 g/mol. The van der Waals surface area contributed by atoms with Crippen LogP contribution in [0.4, 0.5) is 11.4 Å². The van der Waals surface area contributed by atoms with E-state index in [1.54, 1.807) is 0 Å². The lowest BCUT2D eigenvalue weighted by atomic mass is 10.1. The van der Waals surface area contributed by atoms with E-state index < -0.39 is 14.9 Å². The highest BCUT2D eigenvalue weighted by Gasteiger charge is 2.30. The van der Waals surface area contributed by atoms with Crippen molar-refractivity contribution < 1.29 is 18.1 Å². The van der Waals surface area contributed by atoms with E-state index in [1.807, 2.05) is 6.92 Å². The number of sulfonamides is 1. The van der Waals surface area contributed by atoms with Gasteiger partial charge in [-0.25, -0.2) is 8.42 Å². The number of hydrazone groups is 1. The number of hydrogen-bond donors (Lipinski definition) is 1. The van der Waals surface area contributed by atoms with E-state index in [2.05, 4.69) is 24.4 Å². The molecule has 1 aliphatic rings. The normalized spacial score (nSPS) is 16.5. The van der Waals surface area contributed by atoms with Gasteiger partial charge in [-0.3, -0.25) is 15.5 Å². The molecular weight excluding hydrogens is 372 g/mol. The van der Waals surface area contributed by atoms with Crippen LogP contribution in [0.15, 0.2) is 28.2 Å². The zero-order valence-corrected chi connectivity index (χ0v) is 16.7. The Kier molecular flexibility index (Phi) is 7.28. The highest BCUT2D eigenvalue weighted by atomic mass is 32.2. The molecule has 9 nitrogen and oxygen atoms in total. The fraction of sp³-hybridized carbons (Fsp3) is 0.588. The Bertz CT molecular complexity index is 802. The third kappa shape index (κ3) is 5.72. The van der Waals surface area contributed by atoms with Crippen LogP contribution in [-0.2, 0) is 14.8 Å². The fourth-order valence-electron chi connectivity index (χ4n) is 2.57. The molecule has 0 saturated carbocycles. The Labute approximate surface area is 159 Å². The number of nitrogens with one attached hydrogen (secondary N) is 1. The lowest BCUT2D eigenvalue weighted by Crippen LogP contribution is -2.40. The summed E-state index contributed by atoms with van der Waals surface area (Å²) in [6, 6.07) is 3.72. The molecule has 150 valence electrons. The Morgan fingerprint density at radius 2 is 2.04 bits per heavy atom. The van der Waals surface area contributed by atoms with Gasteiger partial charge in [-0.15, -0.1) is 0 Å². The standard InChI is InChI=1S/C17H26N4O5S/c1-13(2)4-5-14(3)18-19-16-7-6-15(21(22)23)12-17(16)27(24,25)20-8-10-26-11-9-20/h6-7,12-13,19H,4-5,8-11H2,1-3H3. The first-order valence-electron chi connectivity index (χ1n) is 8.87. The van der Waals surface area contributed by atoms with Gasteiger partial charge in [0.2, 0.25) is 10.0 Å². The highest BCUT2D eigenvalue weighted by molar-refractivity contribution is 7.89. The number of morpholine rings is 1. The van der Waals surface area contributed by atoms with Crippen molar-refractivity contribution in [3.8, 4) is 0 Å². The van der Waals surface area contributed by atoms with Crippen molar-refractivity contribution in [3.63, 3.8) is 0 Å². The van der Waals surface area contributed by atoms with E-state index >= 15 is 0 Å². The Morgan fingerprint density at radius 1 is 1.37 bits per heavy atom. The first-order valence-corrected chi connectivity index (χ1v) is 10.3. The zero-order valence-electron chi connectivity index (χ0n) is 15.8. The van der Waals surface area contributed by atoms with Crippen LogP contribution in [0, 0.1) is 16.0 Å². The molecule has 0 aromatic heterocycles. The molecule has 0 unspecified atom stereocenters. The van der Waals surface area contributed by atoms with Crippen molar-refractivity contribution in [1.82, 2.24) is 4.31 Å². The molecule has 1 aliphatic heterocycles. The molecular formula is C17H26N4O5S. The molecule has 1 fully saturated rings. The molecule has 0 spiro atoms. The molecule has 1 N–H and O–H groups in total. The molecule has 27 heavy (non-hydrogen) atoms. The summed E-state index contributed by atoms with van der Waals surface area (Å²) in [7, 11) is -3.91. The minimum Gasteiger partial charge on any atom is -0.379 e. The number of rotatable bonds is 8. The van der Waals surface area contributed by atoms with Gasteiger partial charge in [0.25, 0.3) is 5.69 Å². The number of benzene rings is 1. The number of ether oxygens (including phenoxy) is 1. The van der Waals surface area contributed by atoms with Crippen LogP contribution in [-0.4, -0.2) is 49.7 Å². The van der Waals surface area contributed by atoms with Gasteiger partial charge >= 0.3 is 0 Å². The van der Waals surface area contributed by atoms with Crippen LogP contribution in [0.2, 0.25) is 0 Å². The van der Waals surface area contributed by atoms with Crippen molar-refractivity contribution in [3.05, 3.63) is 28.3 Å². The van der Waals surface area contributed by atoms with E-state index in [0.717, 1.165) is 24.6 Å². The molecule has 1 aromatic rings. The summed E-state index contributed by atoms with van der Waals surface area (Å²) in [4.78, 5) is 10.3. The van der Waals surface area contributed by atoms with Crippen LogP contribution in [0.5, 0.6) is 0 Å². The van der Waals surface area contributed by atoms with Gasteiger partial charge in [-0.2, -0.15) is 9.41 Å². The number of nitrogens with zero attached hydrogens (tertiary/aromatic N) is 3. The number of hydrogen-bond acceptors (Lipinski definition) is 7. The summed E-state index contributed by atoms with van der Waals surface area (Å²) in [5.41, 5.74) is 3.54. The SMILES string of the molecule is CC(CCC(C)C)=NNc1ccc([N+](=O)[O-])cc1S(=O)(=O)N1CCOCC1. The van der Waals surface area contributed by atoms with Crippen LogP contribution < -0.4 is 5.43 Å². The second-order valence-corrected chi connectivity index (χ2v) is 8.75. The molecule has 0 aliphatic carbocycles. The topological polar surface area (TPSA) is 114 Å². The highest BCUT2D eigenvalue weighted by Crippen LogP contribution is 2.29. The quantitative estimate of drug-likeness (QED) is 0.409. The average Bonchev–Trinajstić information content (AvgIpc) is 2.65. The van der Waals surface area contributed by atoms with Gasteiger partial charge in [-0.1, -0.05) is 13.8 Å². The molecule has 1 saturated heterocycles. The van der Waals surface area contributed by atoms with E-state index in [9.17, 15) is 18.5 Å². The Hall–Kier alpha value is -2.04. The second kappa shape index (κ2) is 9.25. The lowest BCUT2D eigenvalue weighted by Gasteiger charge is -2.26. The van der Waals surface area contributed by atoms with Crippen molar-refractivity contribution in [1.29, 1.82) is 0 Å². The van der Waals surface area contributed by atoms with Crippen molar-refractivity contribution in [2.45, 2.75) is 38.5 Å². The van der Waals surface area contributed by atoms with Crippen LogP contribution in [0.3, 0.4) is 0 Å². The first-order chi connectivity index (χ1) is 12.7. The molecule has 0 bridgehead atoms. The number of nitro groups is 1. The summed E-state index contributed by atoms with van der Waals surface area (Å²) >= 11 is 0. The minimum absolute atomic E-state index is 0.154. The third-order valence-corrected chi connectivity index (χ3v) is 6.15. The Morgan fingerprint density at radius 3 is 2.63 bits per heavy atom.